The Morgan fingerprint density at radius 2 is 1.88 bits per heavy atom. The molecule has 1 unspecified atom stereocenters. The lowest BCUT2D eigenvalue weighted by atomic mass is 10.0. The summed E-state index contributed by atoms with van der Waals surface area (Å²) in [5, 5.41) is 0. The minimum atomic E-state index is 0.404. The number of likely N-dealkylation sites (N-methyl/N-ethyl adjacent to an activating group) is 1. The summed E-state index contributed by atoms with van der Waals surface area (Å²) in [5.74, 6) is 2.53. The second kappa shape index (κ2) is 6.34. The van der Waals surface area contributed by atoms with Crippen LogP contribution in [0.1, 0.15) is 42.9 Å². The number of aryl methyl sites for hydroxylation is 1. The summed E-state index contributed by atoms with van der Waals surface area (Å²) >= 11 is 0. The van der Waals surface area contributed by atoms with Crippen molar-refractivity contribution in [1.82, 2.24) is 19.9 Å². The Hall–Kier alpha value is -2.24. The second-order valence-corrected chi connectivity index (χ2v) is 6.99. The summed E-state index contributed by atoms with van der Waals surface area (Å²) in [6.45, 7) is 4.02. The van der Waals surface area contributed by atoms with Crippen LogP contribution >= 0.6 is 0 Å². The Labute approximate surface area is 143 Å². The van der Waals surface area contributed by atoms with Crippen molar-refractivity contribution >= 4 is 11.8 Å². The van der Waals surface area contributed by atoms with E-state index in [1.54, 1.807) is 6.33 Å². The Morgan fingerprint density at radius 1 is 1.08 bits per heavy atom. The molecule has 1 saturated carbocycles. The number of rotatable bonds is 4. The van der Waals surface area contributed by atoms with Crippen molar-refractivity contribution in [2.75, 3.05) is 29.9 Å². The van der Waals surface area contributed by atoms with Gasteiger partial charge < -0.3 is 9.80 Å². The van der Waals surface area contributed by atoms with Crippen molar-refractivity contribution in [3.8, 4) is 0 Å². The van der Waals surface area contributed by atoms with Gasteiger partial charge in [-0.15, -0.1) is 0 Å². The molecule has 0 N–H and O–H groups in total. The summed E-state index contributed by atoms with van der Waals surface area (Å²) in [5.41, 5.74) is 2.29. The molecule has 2 aromatic rings. The van der Waals surface area contributed by atoms with E-state index in [-0.39, 0.29) is 0 Å². The molecule has 0 amide bonds. The number of anilines is 2. The first-order chi connectivity index (χ1) is 11.7. The van der Waals surface area contributed by atoms with Gasteiger partial charge in [0.25, 0.3) is 0 Å². The molecule has 4 rings (SSSR count). The Morgan fingerprint density at radius 3 is 2.62 bits per heavy atom. The zero-order valence-electron chi connectivity index (χ0n) is 14.4. The van der Waals surface area contributed by atoms with Crippen LogP contribution in [0.4, 0.5) is 11.8 Å². The van der Waals surface area contributed by atoms with Gasteiger partial charge in [0.15, 0.2) is 0 Å². The second-order valence-electron chi connectivity index (χ2n) is 6.99. The van der Waals surface area contributed by atoms with E-state index in [0.29, 0.717) is 12.0 Å². The Balaban J connectivity index is 1.48. The van der Waals surface area contributed by atoms with Gasteiger partial charge in [-0.2, -0.15) is 0 Å². The van der Waals surface area contributed by atoms with Gasteiger partial charge in [0, 0.05) is 56.3 Å². The van der Waals surface area contributed by atoms with Crippen LogP contribution in [0.5, 0.6) is 0 Å². The van der Waals surface area contributed by atoms with Crippen LogP contribution < -0.4 is 9.80 Å². The van der Waals surface area contributed by atoms with Crippen molar-refractivity contribution in [3.63, 3.8) is 0 Å². The van der Waals surface area contributed by atoms with Crippen LogP contribution in [0.25, 0.3) is 0 Å². The summed E-state index contributed by atoms with van der Waals surface area (Å²) < 4.78 is 0. The molecule has 1 atom stereocenters. The normalized spacial score (nSPS) is 20.9. The van der Waals surface area contributed by atoms with Crippen LogP contribution in [0.2, 0.25) is 0 Å². The minimum Gasteiger partial charge on any atom is -0.354 e. The van der Waals surface area contributed by atoms with E-state index >= 15 is 0 Å². The lowest BCUT2D eigenvalue weighted by molar-refractivity contribution is 0.480. The van der Waals surface area contributed by atoms with Crippen LogP contribution in [0.15, 0.2) is 24.8 Å². The molecule has 0 bridgehead atoms. The van der Waals surface area contributed by atoms with Gasteiger partial charge in [0.1, 0.15) is 12.1 Å². The van der Waals surface area contributed by atoms with Crippen LogP contribution in [-0.4, -0.2) is 46.1 Å². The first kappa shape index (κ1) is 15.3. The zero-order chi connectivity index (χ0) is 16.5. The molecule has 126 valence electrons. The largest absolute Gasteiger partial charge is 0.354 e. The third-order valence-electron chi connectivity index (χ3n) is 5.02. The van der Waals surface area contributed by atoms with E-state index in [0.717, 1.165) is 43.3 Å². The zero-order valence-corrected chi connectivity index (χ0v) is 14.4. The van der Waals surface area contributed by atoms with E-state index in [9.17, 15) is 0 Å². The fourth-order valence-corrected chi connectivity index (χ4v) is 3.35. The fraction of sp³-hybridized carbons (Fsp3) is 0.556. The molecule has 1 aliphatic carbocycles. The van der Waals surface area contributed by atoms with Gasteiger partial charge in [0.05, 0.1) is 0 Å². The maximum absolute atomic E-state index is 4.52. The summed E-state index contributed by atoms with van der Waals surface area (Å²) in [6, 6.07) is 2.59. The van der Waals surface area contributed by atoms with Crippen molar-refractivity contribution in [3.05, 3.63) is 36.0 Å². The lowest BCUT2D eigenvalue weighted by Gasteiger charge is -2.38. The molecule has 2 aromatic heterocycles. The third-order valence-corrected chi connectivity index (χ3v) is 5.02. The predicted molar refractivity (Wildman–Crippen MR) is 94.4 cm³/mol. The lowest BCUT2D eigenvalue weighted by Crippen LogP contribution is -2.47. The molecular weight excluding hydrogens is 300 g/mol. The maximum Gasteiger partial charge on any atom is 0.225 e. The predicted octanol–water partition coefficient (Wildman–Crippen LogP) is 2.56. The van der Waals surface area contributed by atoms with E-state index in [1.807, 2.05) is 19.3 Å². The van der Waals surface area contributed by atoms with Crippen molar-refractivity contribution < 1.29 is 0 Å². The molecule has 24 heavy (non-hydrogen) atoms. The molecular formula is C18H24N6. The van der Waals surface area contributed by atoms with Gasteiger partial charge in [-0.1, -0.05) is 0 Å². The Kier molecular flexibility index (Phi) is 4.04. The maximum atomic E-state index is 4.52. The van der Waals surface area contributed by atoms with Crippen LogP contribution in [-0.2, 0) is 0 Å². The monoisotopic (exact) mass is 324 g/mol. The average Bonchev–Trinajstić information content (AvgIpc) is 3.47. The smallest absolute Gasteiger partial charge is 0.225 e. The van der Waals surface area contributed by atoms with E-state index in [4.69, 9.17) is 0 Å². The van der Waals surface area contributed by atoms with Crippen LogP contribution in [0, 0.1) is 6.92 Å². The molecule has 0 aromatic carbocycles. The van der Waals surface area contributed by atoms with Gasteiger partial charge in [-0.25, -0.2) is 19.9 Å². The highest BCUT2D eigenvalue weighted by atomic mass is 15.3. The number of aromatic nitrogens is 4. The molecule has 2 fully saturated rings. The summed E-state index contributed by atoms with van der Waals surface area (Å²) in [7, 11) is 2.09. The highest BCUT2D eigenvalue weighted by molar-refractivity contribution is 5.42. The quantitative estimate of drug-likeness (QED) is 0.861. The number of piperidine rings is 1. The first-order valence-corrected chi connectivity index (χ1v) is 8.79. The number of hydrogen-bond acceptors (Lipinski definition) is 6. The van der Waals surface area contributed by atoms with Gasteiger partial charge in [-0.05, 0) is 38.2 Å². The molecule has 2 aliphatic rings. The Bertz CT molecular complexity index is 697. The molecule has 3 heterocycles. The van der Waals surface area contributed by atoms with Gasteiger partial charge in [-0.3, -0.25) is 0 Å². The third kappa shape index (κ3) is 3.18. The van der Waals surface area contributed by atoms with Crippen molar-refractivity contribution in [1.29, 1.82) is 0 Å². The summed E-state index contributed by atoms with van der Waals surface area (Å²) in [4.78, 5) is 22.5. The molecule has 0 spiro atoms. The SMILES string of the molecule is Cc1cnc(N(C)C2CCCN(c3cc(C4CC4)ncn3)C2)nc1. The van der Waals surface area contributed by atoms with E-state index in [2.05, 4.69) is 42.8 Å². The van der Waals surface area contributed by atoms with Crippen molar-refractivity contribution in [2.24, 2.45) is 0 Å². The standard InChI is InChI=1S/C18H24N6/c1-13-9-19-18(20-10-13)23(2)15-4-3-7-24(11-15)17-8-16(14-5-6-14)21-12-22-17/h8-10,12,14-15H,3-7,11H2,1-2H3. The molecule has 6 heteroatoms. The van der Waals surface area contributed by atoms with E-state index < -0.39 is 0 Å². The topological polar surface area (TPSA) is 58.0 Å². The van der Waals surface area contributed by atoms with Gasteiger partial charge >= 0.3 is 0 Å². The first-order valence-electron chi connectivity index (χ1n) is 8.79. The van der Waals surface area contributed by atoms with Crippen molar-refractivity contribution in [2.45, 2.75) is 44.6 Å². The fourth-order valence-electron chi connectivity index (χ4n) is 3.35. The highest BCUT2D eigenvalue weighted by Crippen LogP contribution is 2.39. The van der Waals surface area contributed by atoms with Gasteiger partial charge in [0.2, 0.25) is 5.95 Å². The number of nitrogens with zero attached hydrogens (tertiary/aromatic N) is 6. The molecule has 1 saturated heterocycles. The molecule has 1 aliphatic heterocycles. The molecule has 0 radical (unpaired) electrons. The number of hydrogen-bond donors (Lipinski definition) is 0. The average molecular weight is 324 g/mol. The van der Waals surface area contributed by atoms with Crippen LogP contribution in [0.3, 0.4) is 0 Å². The minimum absolute atomic E-state index is 0.404. The highest BCUT2D eigenvalue weighted by Gasteiger charge is 2.28. The molecule has 6 nitrogen and oxygen atoms in total. The summed E-state index contributed by atoms with van der Waals surface area (Å²) in [6.07, 6.45) is 10.3. The van der Waals surface area contributed by atoms with E-state index in [1.165, 1.54) is 18.5 Å².